The van der Waals surface area contributed by atoms with Crippen LogP contribution >= 0.6 is 0 Å². The zero-order valence-electron chi connectivity index (χ0n) is 10.4. The molecule has 0 saturated heterocycles. The second kappa shape index (κ2) is 5.96. The molecule has 1 heterocycles. The van der Waals surface area contributed by atoms with E-state index < -0.39 is 0 Å². The van der Waals surface area contributed by atoms with Crippen LogP contribution in [-0.4, -0.2) is 17.3 Å². The number of pyridine rings is 1. The Kier molecular flexibility index (Phi) is 4.07. The summed E-state index contributed by atoms with van der Waals surface area (Å²) < 4.78 is 0. The van der Waals surface area contributed by atoms with Gasteiger partial charge in [-0.05, 0) is 24.3 Å². The maximum atomic E-state index is 11.2. The van der Waals surface area contributed by atoms with Gasteiger partial charge in [0.15, 0.2) is 5.78 Å². The third-order valence-electron chi connectivity index (χ3n) is 2.65. The normalized spacial score (nSPS) is 10.1. The molecule has 1 aromatic carbocycles. The highest BCUT2D eigenvalue weighted by atomic mass is 16.1. The first-order chi connectivity index (χ1) is 8.75. The molecule has 1 aromatic heterocycles. The first kappa shape index (κ1) is 12.3. The fourth-order valence-corrected chi connectivity index (χ4v) is 1.71. The summed E-state index contributed by atoms with van der Waals surface area (Å²) in [6.07, 6.45) is 0.802. The first-order valence-electron chi connectivity index (χ1n) is 6.01. The van der Waals surface area contributed by atoms with Gasteiger partial charge in [-0.3, -0.25) is 4.79 Å². The van der Waals surface area contributed by atoms with E-state index in [0.29, 0.717) is 5.69 Å². The molecule has 0 fully saturated rings. The van der Waals surface area contributed by atoms with E-state index in [4.69, 9.17) is 0 Å². The minimum atomic E-state index is 0.00729. The summed E-state index contributed by atoms with van der Waals surface area (Å²) in [5.74, 6) is 0.00729. The molecule has 2 aromatic rings. The van der Waals surface area contributed by atoms with Crippen molar-refractivity contribution in [2.45, 2.75) is 13.3 Å². The molecule has 0 atom stereocenters. The van der Waals surface area contributed by atoms with Crippen LogP contribution in [0.25, 0.3) is 0 Å². The fraction of sp³-hybridized carbons (Fsp3) is 0.200. The van der Waals surface area contributed by atoms with Crippen molar-refractivity contribution in [1.29, 1.82) is 0 Å². The van der Waals surface area contributed by atoms with Crippen LogP contribution in [0.5, 0.6) is 0 Å². The lowest BCUT2D eigenvalue weighted by atomic mass is 10.2. The number of Topliss-reactive ketones (excluding diaryl/α,β-unsaturated/α-hetero) is 1. The van der Waals surface area contributed by atoms with Gasteiger partial charge in [0.1, 0.15) is 5.69 Å². The predicted octanol–water partition coefficient (Wildman–Crippen LogP) is 2.94. The third-order valence-corrected chi connectivity index (χ3v) is 2.65. The highest BCUT2D eigenvalue weighted by Gasteiger charge is 2.01. The molecule has 0 radical (unpaired) electrons. The monoisotopic (exact) mass is 240 g/mol. The number of ketones is 1. The number of nitrogens with zero attached hydrogens (tertiary/aromatic N) is 1. The molecule has 3 heteroatoms. The van der Waals surface area contributed by atoms with Gasteiger partial charge in [0.2, 0.25) is 0 Å². The Bertz CT molecular complexity index is 523. The summed E-state index contributed by atoms with van der Waals surface area (Å²) in [4.78, 5) is 15.5. The number of hydrogen-bond acceptors (Lipinski definition) is 3. The van der Waals surface area contributed by atoms with Gasteiger partial charge in [-0.1, -0.05) is 24.3 Å². The molecule has 2 rings (SSSR count). The van der Waals surface area contributed by atoms with Crippen LogP contribution in [0.2, 0.25) is 0 Å². The van der Waals surface area contributed by atoms with Crippen LogP contribution in [0.4, 0.5) is 5.69 Å². The van der Waals surface area contributed by atoms with Gasteiger partial charge in [0.25, 0.3) is 0 Å². The number of benzene rings is 1. The van der Waals surface area contributed by atoms with Crippen molar-refractivity contribution in [3.05, 3.63) is 59.9 Å². The highest BCUT2D eigenvalue weighted by molar-refractivity contribution is 5.92. The molecule has 92 valence electrons. The van der Waals surface area contributed by atoms with Gasteiger partial charge in [-0.25, -0.2) is 4.98 Å². The summed E-state index contributed by atoms with van der Waals surface area (Å²) in [6, 6.07) is 15.6. The van der Waals surface area contributed by atoms with Gasteiger partial charge in [-0.2, -0.15) is 0 Å². The molecule has 1 N–H and O–H groups in total. The first-order valence-corrected chi connectivity index (χ1v) is 6.01. The fourth-order valence-electron chi connectivity index (χ4n) is 1.71. The Hall–Kier alpha value is -2.16. The minimum Gasteiger partial charge on any atom is -0.385 e. The minimum absolute atomic E-state index is 0.00729. The van der Waals surface area contributed by atoms with Gasteiger partial charge >= 0.3 is 0 Å². The van der Waals surface area contributed by atoms with E-state index in [2.05, 4.69) is 10.3 Å². The SMILES string of the molecule is CC(=O)c1cccc(CCNc2ccccc2)n1. The number of carbonyl (C=O) groups is 1. The van der Waals surface area contributed by atoms with E-state index in [1.807, 2.05) is 42.5 Å². The van der Waals surface area contributed by atoms with Gasteiger partial charge < -0.3 is 5.32 Å². The van der Waals surface area contributed by atoms with Crippen molar-refractivity contribution < 1.29 is 4.79 Å². The number of rotatable bonds is 5. The van der Waals surface area contributed by atoms with E-state index in [0.717, 1.165) is 24.3 Å². The zero-order chi connectivity index (χ0) is 12.8. The van der Waals surface area contributed by atoms with Crippen LogP contribution in [0.3, 0.4) is 0 Å². The number of carbonyl (C=O) groups excluding carboxylic acids is 1. The average molecular weight is 240 g/mol. The van der Waals surface area contributed by atoms with E-state index in [1.54, 1.807) is 6.07 Å². The Balaban J connectivity index is 1.90. The average Bonchev–Trinajstić information content (AvgIpc) is 2.40. The predicted molar refractivity (Wildman–Crippen MR) is 72.9 cm³/mol. The summed E-state index contributed by atoms with van der Waals surface area (Å²) in [7, 11) is 0. The lowest BCUT2D eigenvalue weighted by molar-refractivity contribution is 0.101. The molecule has 0 unspecified atom stereocenters. The van der Waals surface area contributed by atoms with E-state index >= 15 is 0 Å². The molecular formula is C15H16N2O. The van der Waals surface area contributed by atoms with Crippen LogP contribution in [0, 0.1) is 0 Å². The molecule has 0 spiro atoms. The number of nitrogens with one attached hydrogen (secondary N) is 1. The smallest absolute Gasteiger partial charge is 0.178 e. The Morgan fingerprint density at radius 2 is 1.89 bits per heavy atom. The second-order valence-corrected chi connectivity index (χ2v) is 4.11. The van der Waals surface area contributed by atoms with Crippen LogP contribution in [0.1, 0.15) is 23.1 Å². The van der Waals surface area contributed by atoms with Crippen LogP contribution < -0.4 is 5.32 Å². The second-order valence-electron chi connectivity index (χ2n) is 4.11. The molecule has 0 aliphatic carbocycles. The van der Waals surface area contributed by atoms with Crippen LogP contribution in [-0.2, 0) is 6.42 Å². The molecule has 0 aliphatic heterocycles. The van der Waals surface area contributed by atoms with E-state index in [9.17, 15) is 4.79 Å². The molecule has 0 saturated carbocycles. The van der Waals surface area contributed by atoms with Crippen molar-refractivity contribution in [2.24, 2.45) is 0 Å². The number of hydrogen-bond donors (Lipinski definition) is 1. The highest BCUT2D eigenvalue weighted by Crippen LogP contribution is 2.06. The lowest BCUT2D eigenvalue weighted by Crippen LogP contribution is -2.07. The molecule has 0 amide bonds. The molecular weight excluding hydrogens is 224 g/mol. The Morgan fingerprint density at radius 3 is 2.61 bits per heavy atom. The topological polar surface area (TPSA) is 42.0 Å². The zero-order valence-corrected chi connectivity index (χ0v) is 10.4. The maximum absolute atomic E-state index is 11.2. The number of aromatic nitrogens is 1. The van der Waals surface area contributed by atoms with Crippen molar-refractivity contribution in [3.8, 4) is 0 Å². The standard InChI is InChI=1S/C15H16N2O/c1-12(18)15-9-5-8-14(17-15)10-11-16-13-6-3-2-4-7-13/h2-9,16H,10-11H2,1H3. The van der Waals surface area contributed by atoms with Crippen molar-refractivity contribution >= 4 is 11.5 Å². The van der Waals surface area contributed by atoms with Gasteiger partial charge in [-0.15, -0.1) is 0 Å². The van der Waals surface area contributed by atoms with Crippen molar-refractivity contribution in [2.75, 3.05) is 11.9 Å². The van der Waals surface area contributed by atoms with Gasteiger partial charge in [0.05, 0.1) is 0 Å². The Labute approximate surface area is 107 Å². The summed E-state index contributed by atoms with van der Waals surface area (Å²) in [6.45, 7) is 2.34. The van der Waals surface area contributed by atoms with E-state index in [1.165, 1.54) is 6.92 Å². The molecule has 0 aliphatic rings. The van der Waals surface area contributed by atoms with Gasteiger partial charge in [0, 0.05) is 31.3 Å². The molecule has 18 heavy (non-hydrogen) atoms. The third kappa shape index (κ3) is 3.42. The summed E-state index contributed by atoms with van der Waals surface area (Å²) in [5, 5.41) is 3.32. The van der Waals surface area contributed by atoms with Crippen molar-refractivity contribution in [1.82, 2.24) is 4.98 Å². The maximum Gasteiger partial charge on any atom is 0.178 e. The molecule has 0 bridgehead atoms. The molecule has 3 nitrogen and oxygen atoms in total. The van der Waals surface area contributed by atoms with Crippen molar-refractivity contribution in [3.63, 3.8) is 0 Å². The van der Waals surface area contributed by atoms with Crippen LogP contribution in [0.15, 0.2) is 48.5 Å². The number of para-hydroxylation sites is 1. The summed E-state index contributed by atoms with van der Waals surface area (Å²) in [5.41, 5.74) is 2.57. The quantitative estimate of drug-likeness (QED) is 0.817. The largest absolute Gasteiger partial charge is 0.385 e. The van der Waals surface area contributed by atoms with E-state index in [-0.39, 0.29) is 5.78 Å². The Morgan fingerprint density at radius 1 is 1.11 bits per heavy atom. The lowest BCUT2D eigenvalue weighted by Gasteiger charge is -2.06. The summed E-state index contributed by atoms with van der Waals surface area (Å²) >= 11 is 0. The number of anilines is 1.